The maximum atomic E-state index is 12.4. The van der Waals surface area contributed by atoms with Crippen molar-refractivity contribution in [2.24, 2.45) is 0 Å². The third kappa shape index (κ3) is 4.84. The van der Waals surface area contributed by atoms with Crippen LogP contribution >= 0.6 is 11.8 Å². The smallest absolute Gasteiger partial charge is 0.238 e. The van der Waals surface area contributed by atoms with Crippen molar-refractivity contribution in [2.75, 3.05) is 17.6 Å². The van der Waals surface area contributed by atoms with E-state index in [2.05, 4.69) is 28.1 Å². The van der Waals surface area contributed by atoms with Gasteiger partial charge in [-0.05, 0) is 48.2 Å². The number of fused-ring (bicyclic) bond motifs is 1. The molecule has 30 heavy (non-hydrogen) atoms. The number of hydrogen-bond donors (Lipinski definition) is 3. The Bertz CT molecular complexity index is 978. The molecule has 2 aromatic rings. The molecule has 7 heteroatoms. The van der Waals surface area contributed by atoms with Gasteiger partial charge in [-0.25, -0.2) is 0 Å². The largest absolute Gasteiger partial charge is 0.339 e. The predicted octanol–water partition coefficient (Wildman–Crippen LogP) is 3.09. The molecule has 2 aliphatic heterocycles. The van der Waals surface area contributed by atoms with Gasteiger partial charge in [0.05, 0.1) is 23.6 Å². The second-order valence-electron chi connectivity index (χ2n) is 7.64. The average molecular weight is 421 g/mol. The number of carbonyl (C=O) groups is 2. The van der Waals surface area contributed by atoms with Gasteiger partial charge < -0.3 is 16.0 Å². The number of benzene rings is 2. The van der Waals surface area contributed by atoms with Crippen LogP contribution in [0, 0.1) is 11.3 Å². The van der Waals surface area contributed by atoms with Crippen LogP contribution in [-0.2, 0) is 16.0 Å². The molecule has 2 atom stereocenters. The number of thioether (sulfide) groups is 1. The molecule has 3 N–H and O–H groups in total. The van der Waals surface area contributed by atoms with Crippen molar-refractivity contribution < 1.29 is 9.59 Å². The number of nitrogens with zero attached hydrogens (tertiary/aromatic N) is 1. The normalized spacial score (nSPS) is 19.2. The molecule has 1 saturated heterocycles. The van der Waals surface area contributed by atoms with E-state index in [-0.39, 0.29) is 17.9 Å². The zero-order chi connectivity index (χ0) is 20.9. The molecular weight excluding hydrogens is 396 g/mol. The van der Waals surface area contributed by atoms with Gasteiger partial charge in [-0.3, -0.25) is 9.59 Å². The van der Waals surface area contributed by atoms with Gasteiger partial charge in [0.15, 0.2) is 0 Å². The molecule has 0 radical (unpaired) electrons. The second-order valence-corrected chi connectivity index (χ2v) is 8.66. The lowest BCUT2D eigenvalue weighted by Gasteiger charge is -2.23. The summed E-state index contributed by atoms with van der Waals surface area (Å²) in [6.07, 6.45) is 3.43. The standard InChI is InChI=1S/C23H24N4O2S/c24-13-18(26-23(29)20-3-1-2-10-25-20)11-15-4-6-16(7-5-15)17-8-9-19-21(12-17)30-14-22(28)27-19/h4-9,12,18,20,25H,1-3,10-11,14H2,(H,26,29)(H,27,28)/t18-,20?/m0/s1. The number of carbonyl (C=O) groups excluding carboxylic acids is 2. The summed E-state index contributed by atoms with van der Waals surface area (Å²) in [5.41, 5.74) is 4.01. The highest BCUT2D eigenvalue weighted by Gasteiger charge is 2.23. The molecule has 1 unspecified atom stereocenters. The Morgan fingerprint density at radius 2 is 2.00 bits per heavy atom. The summed E-state index contributed by atoms with van der Waals surface area (Å²) in [4.78, 5) is 25.0. The minimum atomic E-state index is -0.546. The molecule has 154 valence electrons. The van der Waals surface area contributed by atoms with E-state index in [1.54, 1.807) is 11.8 Å². The lowest BCUT2D eigenvalue weighted by Crippen LogP contribution is -2.49. The third-order valence-electron chi connectivity index (χ3n) is 5.44. The van der Waals surface area contributed by atoms with E-state index < -0.39 is 6.04 Å². The van der Waals surface area contributed by atoms with Crippen molar-refractivity contribution in [3.05, 3.63) is 48.0 Å². The van der Waals surface area contributed by atoms with Gasteiger partial charge in [-0.1, -0.05) is 36.8 Å². The molecule has 0 spiro atoms. The first-order valence-corrected chi connectivity index (χ1v) is 11.2. The fourth-order valence-corrected chi connectivity index (χ4v) is 4.64. The highest BCUT2D eigenvalue weighted by Crippen LogP contribution is 2.35. The highest BCUT2D eigenvalue weighted by molar-refractivity contribution is 8.00. The van der Waals surface area contributed by atoms with Crippen molar-refractivity contribution in [3.63, 3.8) is 0 Å². The Morgan fingerprint density at radius 3 is 2.73 bits per heavy atom. The fraction of sp³-hybridized carbons (Fsp3) is 0.348. The highest BCUT2D eigenvalue weighted by atomic mass is 32.2. The summed E-state index contributed by atoms with van der Waals surface area (Å²) in [6.45, 7) is 0.852. The number of hydrogen-bond acceptors (Lipinski definition) is 5. The van der Waals surface area contributed by atoms with Gasteiger partial charge in [0.25, 0.3) is 0 Å². The molecule has 0 aliphatic carbocycles. The van der Waals surface area contributed by atoms with Crippen LogP contribution < -0.4 is 16.0 Å². The molecular formula is C23H24N4O2S. The molecule has 2 heterocycles. The molecule has 4 rings (SSSR count). The Balaban J connectivity index is 1.40. The van der Waals surface area contributed by atoms with Crippen LogP contribution in [0.5, 0.6) is 0 Å². The van der Waals surface area contributed by atoms with Crippen LogP contribution in [0.25, 0.3) is 11.1 Å². The first-order valence-electron chi connectivity index (χ1n) is 10.2. The number of rotatable bonds is 5. The van der Waals surface area contributed by atoms with Gasteiger partial charge in [0.1, 0.15) is 6.04 Å². The van der Waals surface area contributed by atoms with Crippen LogP contribution in [-0.4, -0.2) is 36.2 Å². The van der Waals surface area contributed by atoms with E-state index in [4.69, 9.17) is 0 Å². The lowest BCUT2D eigenvalue weighted by molar-refractivity contribution is -0.124. The van der Waals surface area contributed by atoms with E-state index in [9.17, 15) is 14.9 Å². The van der Waals surface area contributed by atoms with Crippen molar-refractivity contribution in [1.82, 2.24) is 10.6 Å². The predicted molar refractivity (Wildman–Crippen MR) is 118 cm³/mol. The van der Waals surface area contributed by atoms with E-state index in [0.717, 1.165) is 53.1 Å². The number of anilines is 1. The molecule has 2 aromatic carbocycles. The molecule has 0 saturated carbocycles. The molecule has 2 aliphatic rings. The first kappa shape index (κ1) is 20.5. The zero-order valence-corrected chi connectivity index (χ0v) is 17.4. The van der Waals surface area contributed by atoms with Gasteiger partial charge >= 0.3 is 0 Å². The molecule has 6 nitrogen and oxygen atoms in total. The van der Waals surface area contributed by atoms with Crippen molar-refractivity contribution >= 4 is 29.3 Å². The average Bonchev–Trinajstić information content (AvgIpc) is 2.79. The Kier molecular flexibility index (Phi) is 6.36. The van der Waals surface area contributed by atoms with Gasteiger partial charge in [-0.15, -0.1) is 11.8 Å². The maximum absolute atomic E-state index is 12.4. The van der Waals surface area contributed by atoms with Crippen molar-refractivity contribution in [2.45, 2.75) is 42.7 Å². The fourth-order valence-electron chi connectivity index (χ4n) is 3.80. The molecule has 0 bridgehead atoms. The zero-order valence-electron chi connectivity index (χ0n) is 16.6. The quantitative estimate of drug-likeness (QED) is 0.691. The monoisotopic (exact) mass is 420 g/mol. The van der Waals surface area contributed by atoms with Crippen LogP contribution in [0.4, 0.5) is 5.69 Å². The van der Waals surface area contributed by atoms with Gasteiger partial charge in [-0.2, -0.15) is 5.26 Å². The first-order chi connectivity index (χ1) is 14.6. The van der Waals surface area contributed by atoms with Crippen LogP contribution in [0.2, 0.25) is 0 Å². The summed E-state index contributed by atoms with van der Waals surface area (Å²) in [5, 5.41) is 18.5. The summed E-state index contributed by atoms with van der Waals surface area (Å²) in [5.74, 6) is 0.382. The van der Waals surface area contributed by atoms with Crippen LogP contribution in [0.1, 0.15) is 24.8 Å². The Hall–Kier alpha value is -2.82. The summed E-state index contributed by atoms with van der Waals surface area (Å²) >= 11 is 1.54. The molecule has 1 fully saturated rings. The summed E-state index contributed by atoms with van der Waals surface area (Å²) < 4.78 is 0. The third-order valence-corrected chi connectivity index (χ3v) is 6.50. The SMILES string of the molecule is N#C[C@H](Cc1ccc(-c2ccc3c(c2)SCC(=O)N3)cc1)NC(=O)C1CCCCN1. The minimum Gasteiger partial charge on any atom is -0.339 e. The van der Waals surface area contributed by atoms with Crippen molar-refractivity contribution in [3.8, 4) is 17.2 Å². The van der Waals surface area contributed by atoms with Gasteiger partial charge in [0.2, 0.25) is 11.8 Å². The Morgan fingerprint density at radius 1 is 1.20 bits per heavy atom. The van der Waals surface area contributed by atoms with E-state index in [1.165, 1.54) is 0 Å². The Labute approximate surface area is 180 Å². The van der Waals surface area contributed by atoms with E-state index >= 15 is 0 Å². The van der Waals surface area contributed by atoms with Crippen LogP contribution in [0.15, 0.2) is 47.4 Å². The maximum Gasteiger partial charge on any atom is 0.238 e. The van der Waals surface area contributed by atoms with E-state index in [0.29, 0.717) is 12.2 Å². The number of piperidine rings is 1. The van der Waals surface area contributed by atoms with Crippen LogP contribution in [0.3, 0.4) is 0 Å². The van der Waals surface area contributed by atoms with E-state index in [1.807, 2.05) is 36.4 Å². The molecule has 2 amide bonds. The summed E-state index contributed by atoms with van der Waals surface area (Å²) in [7, 11) is 0. The number of nitriles is 1. The van der Waals surface area contributed by atoms with Gasteiger partial charge in [0, 0.05) is 11.3 Å². The topological polar surface area (TPSA) is 94.0 Å². The number of nitrogens with one attached hydrogen (secondary N) is 3. The lowest BCUT2D eigenvalue weighted by atomic mass is 10.00. The minimum absolute atomic E-state index is 0.0306. The second kappa shape index (κ2) is 9.33. The molecule has 0 aromatic heterocycles. The summed E-state index contributed by atoms with van der Waals surface area (Å²) in [6, 6.07) is 15.5. The number of amides is 2. The van der Waals surface area contributed by atoms with Crippen molar-refractivity contribution in [1.29, 1.82) is 5.26 Å².